The molecule has 0 radical (unpaired) electrons. The van der Waals surface area contributed by atoms with E-state index in [2.05, 4.69) is 41.5 Å². The van der Waals surface area contributed by atoms with Crippen molar-refractivity contribution < 1.29 is 0 Å². The maximum Gasteiger partial charge on any atom is 0.191 e. The van der Waals surface area contributed by atoms with Crippen molar-refractivity contribution in [3.63, 3.8) is 0 Å². The fourth-order valence-corrected chi connectivity index (χ4v) is 3.36. The van der Waals surface area contributed by atoms with Crippen LogP contribution < -0.4 is 10.6 Å². The van der Waals surface area contributed by atoms with Crippen molar-refractivity contribution in [2.24, 2.45) is 4.99 Å². The summed E-state index contributed by atoms with van der Waals surface area (Å²) in [5.41, 5.74) is 0. The molecule has 1 heterocycles. The van der Waals surface area contributed by atoms with E-state index in [1.165, 1.54) is 45.2 Å². The third-order valence-corrected chi connectivity index (χ3v) is 4.76. The Morgan fingerprint density at radius 2 is 2.05 bits per heavy atom. The van der Waals surface area contributed by atoms with Crippen molar-refractivity contribution in [2.45, 2.75) is 70.9 Å². The molecule has 1 unspecified atom stereocenters. The fraction of sp³-hybridized carbons (Fsp3) is 0.833. The number of aliphatic imine (C=N–C) groups is 1. The van der Waals surface area contributed by atoms with Gasteiger partial charge in [0.1, 0.15) is 0 Å². The monoisotopic (exact) mass is 306 g/mol. The van der Waals surface area contributed by atoms with Crippen LogP contribution in [-0.2, 0) is 0 Å². The van der Waals surface area contributed by atoms with Crippen molar-refractivity contribution in [3.05, 3.63) is 12.2 Å². The van der Waals surface area contributed by atoms with Gasteiger partial charge in [-0.15, -0.1) is 0 Å². The van der Waals surface area contributed by atoms with E-state index in [1.807, 2.05) is 0 Å². The van der Waals surface area contributed by atoms with E-state index in [4.69, 9.17) is 4.99 Å². The molecule has 0 aromatic heterocycles. The standard InChI is InChI=1S/C18H34N4/c1-3-19-18(21-17-11-4-5-12-17)20-13-7-9-15-22-14-8-6-10-16(22)2/h4-5,16-17H,3,6-15H2,1-2H3,(H2,19,20,21). The van der Waals surface area contributed by atoms with Gasteiger partial charge in [-0.25, -0.2) is 0 Å². The summed E-state index contributed by atoms with van der Waals surface area (Å²) in [7, 11) is 0. The van der Waals surface area contributed by atoms with Gasteiger partial charge < -0.3 is 15.5 Å². The quantitative estimate of drug-likeness (QED) is 0.329. The zero-order valence-corrected chi connectivity index (χ0v) is 14.5. The predicted molar refractivity (Wildman–Crippen MR) is 95.4 cm³/mol. The molecule has 0 saturated carbocycles. The van der Waals surface area contributed by atoms with E-state index in [9.17, 15) is 0 Å². The van der Waals surface area contributed by atoms with Gasteiger partial charge in [0.2, 0.25) is 0 Å². The van der Waals surface area contributed by atoms with Crippen LogP contribution >= 0.6 is 0 Å². The van der Waals surface area contributed by atoms with E-state index < -0.39 is 0 Å². The molecular formula is C18H34N4. The molecule has 2 N–H and O–H groups in total. The molecule has 4 nitrogen and oxygen atoms in total. The van der Waals surface area contributed by atoms with Crippen LogP contribution in [0, 0.1) is 0 Å². The molecule has 126 valence electrons. The third kappa shape index (κ3) is 5.99. The van der Waals surface area contributed by atoms with Gasteiger partial charge in [0.25, 0.3) is 0 Å². The molecule has 1 fully saturated rings. The molecule has 0 amide bonds. The summed E-state index contributed by atoms with van der Waals surface area (Å²) in [6.07, 6.45) is 13.4. The Hall–Kier alpha value is -1.03. The van der Waals surface area contributed by atoms with Crippen LogP contribution in [0.2, 0.25) is 0 Å². The van der Waals surface area contributed by atoms with Crippen LogP contribution in [0.1, 0.15) is 58.8 Å². The van der Waals surface area contributed by atoms with Gasteiger partial charge >= 0.3 is 0 Å². The summed E-state index contributed by atoms with van der Waals surface area (Å²) in [6.45, 7) is 8.90. The average molecular weight is 306 g/mol. The van der Waals surface area contributed by atoms with E-state index >= 15 is 0 Å². The molecule has 1 aliphatic carbocycles. The number of hydrogen-bond acceptors (Lipinski definition) is 2. The van der Waals surface area contributed by atoms with Crippen LogP contribution in [0.4, 0.5) is 0 Å². The Kier molecular flexibility index (Phi) is 7.78. The normalized spacial score (nSPS) is 23.9. The number of guanidine groups is 1. The van der Waals surface area contributed by atoms with E-state index in [1.54, 1.807) is 0 Å². The maximum atomic E-state index is 4.73. The first-order chi connectivity index (χ1) is 10.8. The maximum absolute atomic E-state index is 4.73. The molecule has 1 atom stereocenters. The van der Waals surface area contributed by atoms with Crippen molar-refractivity contribution in [2.75, 3.05) is 26.2 Å². The number of piperidine rings is 1. The molecule has 2 aliphatic rings. The molecule has 0 spiro atoms. The first kappa shape index (κ1) is 17.3. The minimum atomic E-state index is 0.534. The largest absolute Gasteiger partial charge is 0.357 e. The van der Waals surface area contributed by atoms with Crippen molar-refractivity contribution in [1.29, 1.82) is 0 Å². The van der Waals surface area contributed by atoms with Crippen molar-refractivity contribution in [1.82, 2.24) is 15.5 Å². The van der Waals surface area contributed by atoms with Gasteiger partial charge in [-0.2, -0.15) is 0 Å². The number of nitrogens with zero attached hydrogens (tertiary/aromatic N) is 2. The highest BCUT2D eigenvalue weighted by molar-refractivity contribution is 5.80. The molecule has 1 aliphatic heterocycles. The fourth-order valence-electron chi connectivity index (χ4n) is 3.36. The summed E-state index contributed by atoms with van der Waals surface area (Å²) >= 11 is 0. The molecular weight excluding hydrogens is 272 g/mol. The van der Waals surface area contributed by atoms with E-state index in [0.717, 1.165) is 37.9 Å². The minimum Gasteiger partial charge on any atom is -0.357 e. The second-order valence-electron chi connectivity index (χ2n) is 6.63. The second kappa shape index (κ2) is 9.88. The predicted octanol–water partition coefficient (Wildman–Crippen LogP) is 2.91. The van der Waals surface area contributed by atoms with Gasteiger partial charge in [-0.1, -0.05) is 18.6 Å². The lowest BCUT2D eigenvalue weighted by molar-refractivity contribution is 0.158. The van der Waals surface area contributed by atoms with Gasteiger partial charge in [-0.05, 0) is 65.5 Å². The first-order valence-electron chi connectivity index (χ1n) is 9.23. The van der Waals surface area contributed by atoms with Gasteiger partial charge in [0.15, 0.2) is 5.96 Å². The van der Waals surface area contributed by atoms with Crippen molar-refractivity contribution >= 4 is 5.96 Å². The Bertz CT molecular complexity index is 356. The Morgan fingerprint density at radius 1 is 1.23 bits per heavy atom. The number of unbranched alkanes of at least 4 members (excludes halogenated alkanes) is 1. The smallest absolute Gasteiger partial charge is 0.191 e. The van der Waals surface area contributed by atoms with E-state index in [0.29, 0.717) is 6.04 Å². The van der Waals surface area contributed by atoms with Crippen LogP contribution in [0.5, 0.6) is 0 Å². The summed E-state index contributed by atoms with van der Waals surface area (Å²) in [5.74, 6) is 0.988. The Labute approximate surface area is 136 Å². The van der Waals surface area contributed by atoms with Gasteiger partial charge in [-0.3, -0.25) is 4.99 Å². The third-order valence-electron chi connectivity index (χ3n) is 4.76. The summed E-state index contributed by atoms with van der Waals surface area (Å²) in [4.78, 5) is 7.38. The first-order valence-corrected chi connectivity index (χ1v) is 9.23. The van der Waals surface area contributed by atoms with Crippen LogP contribution in [0.25, 0.3) is 0 Å². The molecule has 0 aromatic carbocycles. The number of nitrogens with one attached hydrogen (secondary N) is 2. The Balaban J connectivity index is 1.62. The average Bonchev–Trinajstić information content (AvgIpc) is 3.02. The lowest BCUT2D eigenvalue weighted by Crippen LogP contribution is -2.42. The molecule has 2 rings (SSSR count). The highest BCUT2D eigenvalue weighted by Crippen LogP contribution is 2.16. The second-order valence-corrected chi connectivity index (χ2v) is 6.63. The zero-order chi connectivity index (χ0) is 15.6. The van der Waals surface area contributed by atoms with E-state index in [-0.39, 0.29) is 0 Å². The number of rotatable bonds is 7. The molecule has 0 aromatic rings. The van der Waals surface area contributed by atoms with Crippen LogP contribution in [0.3, 0.4) is 0 Å². The number of likely N-dealkylation sites (tertiary alicyclic amines) is 1. The van der Waals surface area contributed by atoms with Crippen LogP contribution in [0.15, 0.2) is 17.1 Å². The zero-order valence-electron chi connectivity index (χ0n) is 14.5. The SMILES string of the molecule is CCNC(=NCCCCN1CCCCC1C)NC1CC=CC1. The summed E-state index contributed by atoms with van der Waals surface area (Å²) < 4.78 is 0. The van der Waals surface area contributed by atoms with Crippen LogP contribution in [-0.4, -0.2) is 49.1 Å². The molecule has 22 heavy (non-hydrogen) atoms. The van der Waals surface area contributed by atoms with Crippen molar-refractivity contribution in [3.8, 4) is 0 Å². The van der Waals surface area contributed by atoms with Gasteiger partial charge in [0.05, 0.1) is 0 Å². The summed E-state index contributed by atoms with van der Waals surface area (Å²) in [5, 5.41) is 6.89. The minimum absolute atomic E-state index is 0.534. The lowest BCUT2D eigenvalue weighted by Gasteiger charge is -2.33. The van der Waals surface area contributed by atoms with Gasteiger partial charge in [0, 0.05) is 25.2 Å². The Morgan fingerprint density at radius 3 is 2.77 bits per heavy atom. The number of hydrogen-bond donors (Lipinski definition) is 2. The highest BCUT2D eigenvalue weighted by Gasteiger charge is 2.17. The topological polar surface area (TPSA) is 39.7 Å². The lowest BCUT2D eigenvalue weighted by atomic mass is 10.0. The molecule has 4 heteroatoms. The molecule has 1 saturated heterocycles. The highest BCUT2D eigenvalue weighted by atomic mass is 15.2. The molecule has 0 bridgehead atoms. The summed E-state index contributed by atoms with van der Waals surface area (Å²) in [6, 6.07) is 1.32.